The normalized spacial score (nSPS) is 10.7. The van der Waals surface area contributed by atoms with E-state index in [4.69, 9.17) is 11.6 Å². The topological polar surface area (TPSA) is 61.7 Å². The van der Waals surface area contributed by atoms with Crippen LogP contribution in [0.2, 0.25) is 5.02 Å². The molecule has 0 aliphatic carbocycles. The zero-order valence-electron chi connectivity index (χ0n) is 10.2. The molecule has 2 aromatic rings. The molecular weight excluding hydrogens is 344 g/mol. The zero-order valence-corrected chi connectivity index (χ0v) is 12.5. The van der Waals surface area contributed by atoms with E-state index in [1.165, 1.54) is 18.3 Å². The molecular formula is C14H10BrClN2O2. The number of nitrogens with zero attached hydrogens (tertiary/aromatic N) is 1. The molecule has 0 saturated heterocycles. The number of phenolic OH excluding ortho intramolecular Hbond substituents is 1. The lowest BCUT2D eigenvalue weighted by molar-refractivity contribution is 0.0952. The summed E-state index contributed by atoms with van der Waals surface area (Å²) in [7, 11) is 0. The smallest absolute Gasteiger partial charge is 0.275 e. The molecule has 0 radical (unpaired) electrons. The van der Waals surface area contributed by atoms with Crippen molar-refractivity contribution >= 4 is 39.7 Å². The maximum atomic E-state index is 11.9. The van der Waals surface area contributed by atoms with Crippen LogP contribution in [0.15, 0.2) is 52.0 Å². The molecule has 0 atom stereocenters. The summed E-state index contributed by atoms with van der Waals surface area (Å²) < 4.78 is 0.690. The van der Waals surface area contributed by atoms with E-state index in [2.05, 4.69) is 26.5 Å². The van der Waals surface area contributed by atoms with Crippen LogP contribution in [-0.4, -0.2) is 17.2 Å². The van der Waals surface area contributed by atoms with Gasteiger partial charge in [-0.2, -0.15) is 5.10 Å². The molecule has 0 unspecified atom stereocenters. The third-order valence-electron chi connectivity index (χ3n) is 2.48. The van der Waals surface area contributed by atoms with Crippen LogP contribution in [0, 0.1) is 0 Å². The van der Waals surface area contributed by atoms with Crippen molar-refractivity contribution in [1.82, 2.24) is 5.43 Å². The maximum Gasteiger partial charge on any atom is 0.275 e. The summed E-state index contributed by atoms with van der Waals surface area (Å²) in [6.07, 6.45) is 1.44. The minimum absolute atomic E-state index is 0.112. The predicted molar refractivity (Wildman–Crippen MR) is 82.3 cm³/mol. The van der Waals surface area contributed by atoms with Gasteiger partial charge in [0.25, 0.3) is 5.91 Å². The fourth-order valence-electron chi connectivity index (χ4n) is 1.49. The van der Waals surface area contributed by atoms with Crippen molar-refractivity contribution in [2.75, 3.05) is 0 Å². The second kappa shape index (κ2) is 6.54. The molecule has 0 bridgehead atoms. The van der Waals surface area contributed by atoms with Crippen molar-refractivity contribution in [3.8, 4) is 5.75 Å². The molecule has 0 heterocycles. The molecule has 0 fully saturated rings. The number of aromatic hydroxyl groups is 1. The van der Waals surface area contributed by atoms with Crippen molar-refractivity contribution in [1.29, 1.82) is 0 Å². The summed E-state index contributed by atoms with van der Waals surface area (Å²) in [6, 6.07) is 11.7. The zero-order chi connectivity index (χ0) is 14.5. The summed E-state index contributed by atoms with van der Waals surface area (Å²) in [5, 5.41) is 14.0. The Morgan fingerprint density at radius 3 is 2.80 bits per heavy atom. The van der Waals surface area contributed by atoms with Crippen LogP contribution >= 0.6 is 27.5 Å². The Morgan fingerprint density at radius 2 is 2.05 bits per heavy atom. The third-order valence-corrected chi connectivity index (χ3v) is 3.32. The molecule has 20 heavy (non-hydrogen) atoms. The fraction of sp³-hybridized carbons (Fsp3) is 0. The van der Waals surface area contributed by atoms with E-state index in [0.29, 0.717) is 15.1 Å². The van der Waals surface area contributed by atoms with E-state index >= 15 is 0 Å². The number of hydrogen-bond acceptors (Lipinski definition) is 3. The summed E-state index contributed by atoms with van der Waals surface area (Å²) in [5.41, 5.74) is 3.16. The van der Waals surface area contributed by atoms with Gasteiger partial charge >= 0.3 is 0 Å². The van der Waals surface area contributed by atoms with E-state index in [-0.39, 0.29) is 11.3 Å². The van der Waals surface area contributed by atoms with Gasteiger partial charge in [0.1, 0.15) is 5.75 Å². The Kier molecular flexibility index (Phi) is 4.76. The molecule has 0 aromatic heterocycles. The van der Waals surface area contributed by atoms with Crippen molar-refractivity contribution in [2.24, 2.45) is 5.10 Å². The van der Waals surface area contributed by atoms with Gasteiger partial charge < -0.3 is 5.11 Å². The third kappa shape index (κ3) is 3.59. The average Bonchev–Trinajstić information content (AvgIpc) is 2.43. The van der Waals surface area contributed by atoms with E-state index in [1.54, 1.807) is 24.3 Å². The van der Waals surface area contributed by atoms with Crippen LogP contribution in [0.25, 0.3) is 0 Å². The first-order chi connectivity index (χ1) is 9.58. The molecule has 2 N–H and O–H groups in total. The standard InChI is InChI=1S/C14H10BrClN2O2/c15-10-5-6-13(19)11(7-10)14(20)18-17-8-9-3-1-2-4-12(9)16/h1-8,19H,(H,18,20)/b17-8+. The van der Waals surface area contributed by atoms with Gasteiger partial charge in [-0.15, -0.1) is 0 Å². The van der Waals surface area contributed by atoms with Gasteiger partial charge in [0, 0.05) is 15.1 Å². The molecule has 4 nitrogen and oxygen atoms in total. The number of benzene rings is 2. The molecule has 2 rings (SSSR count). The van der Waals surface area contributed by atoms with Gasteiger partial charge in [-0.05, 0) is 24.3 Å². The first-order valence-corrected chi connectivity index (χ1v) is 6.81. The Balaban J connectivity index is 2.09. The fourth-order valence-corrected chi connectivity index (χ4v) is 2.04. The second-order valence-corrected chi connectivity index (χ2v) is 5.20. The lowest BCUT2D eigenvalue weighted by Crippen LogP contribution is -2.17. The van der Waals surface area contributed by atoms with Crippen LogP contribution in [0.5, 0.6) is 5.75 Å². The van der Waals surface area contributed by atoms with E-state index in [9.17, 15) is 9.90 Å². The highest BCUT2D eigenvalue weighted by molar-refractivity contribution is 9.10. The first kappa shape index (κ1) is 14.6. The molecule has 102 valence electrons. The quantitative estimate of drug-likeness (QED) is 0.654. The minimum atomic E-state index is -0.507. The highest BCUT2D eigenvalue weighted by Gasteiger charge is 2.10. The Hall–Kier alpha value is -1.85. The summed E-state index contributed by atoms with van der Waals surface area (Å²) in [4.78, 5) is 11.9. The number of carbonyl (C=O) groups is 1. The lowest BCUT2D eigenvalue weighted by Gasteiger charge is -2.03. The Morgan fingerprint density at radius 1 is 1.30 bits per heavy atom. The Labute approximate surface area is 129 Å². The van der Waals surface area contributed by atoms with Crippen molar-refractivity contribution in [3.63, 3.8) is 0 Å². The van der Waals surface area contributed by atoms with Gasteiger partial charge in [-0.25, -0.2) is 5.43 Å². The number of hydrazone groups is 1. The van der Waals surface area contributed by atoms with Crippen LogP contribution < -0.4 is 5.43 Å². The monoisotopic (exact) mass is 352 g/mol. The number of halogens is 2. The number of hydrogen-bond donors (Lipinski definition) is 2. The number of amides is 1. The van der Waals surface area contributed by atoms with Crippen molar-refractivity contribution in [2.45, 2.75) is 0 Å². The van der Waals surface area contributed by atoms with Crippen LogP contribution in [0.1, 0.15) is 15.9 Å². The maximum absolute atomic E-state index is 11.9. The van der Waals surface area contributed by atoms with E-state index in [1.807, 2.05) is 6.07 Å². The summed E-state index contributed by atoms with van der Waals surface area (Å²) in [5.74, 6) is -0.620. The van der Waals surface area contributed by atoms with Crippen LogP contribution in [-0.2, 0) is 0 Å². The average molecular weight is 354 g/mol. The van der Waals surface area contributed by atoms with Gasteiger partial charge in [-0.1, -0.05) is 45.7 Å². The minimum Gasteiger partial charge on any atom is -0.507 e. The molecule has 0 spiro atoms. The first-order valence-electron chi connectivity index (χ1n) is 5.64. The highest BCUT2D eigenvalue weighted by atomic mass is 79.9. The molecule has 1 amide bonds. The summed E-state index contributed by atoms with van der Waals surface area (Å²) in [6.45, 7) is 0. The van der Waals surface area contributed by atoms with Crippen LogP contribution in [0.3, 0.4) is 0 Å². The van der Waals surface area contributed by atoms with Crippen molar-refractivity contribution < 1.29 is 9.90 Å². The van der Waals surface area contributed by atoms with Gasteiger partial charge in [0.15, 0.2) is 0 Å². The van der Waals surface area contributed by atoms with E-state index in [0.717, 1.165) is 0 Å². The summed E-state index contributed by atoms with van der Waals surface area (Å²) >= 11 is 9.18. The number of phenols is 1. The van der Waals surface area contributed by atoms with Gasteiger partial charge in [0.2, 0.25) is 0 Å². The number of nitrogens with one attached hydrogen (secondary N) is 1. The largest absolute Gasteiger partial charge is 0.507 e. The van der Waals surface area contributed by atoms with E-state index < -0.39 is 5.91 Å². The SMILES string of the molecule is O=C(N/N=C/c1ccccc1Cl)c1cc(Br)ccc1O. The molecule has 6 heteroatoms. The predicted octanol–water partition coefficient (Wildman–Crippen LogP) is 3.57. The van der Waals surface area contributed by atoms with Gasteiger partial charge in [-0.3, -0.25) is 4.79 Å². The second-order valence-electron chi connectivity index (χ2n) is 3.88. The molecule has 0 aliphatic rings. The van der Waals surface area contributed by atoms with Crippen LogP contribution in [0.4, 0.5) is 0 Å². The number of carbonyl (C=O) groups excluding carboxylic acids is 1. The Bertz CT molecular complexity index is 674. The lowest BCUT2D eigenvalue weighted by atomic mass is 10.2. The molecule has 0 saturated carbocycles. The van der Waals surface area contributed by atoms with Crippen molar-refractivity contribution in [3.05, 3.63) is 63.1 Å². The number of rotatable bonds is 3. The van der Waals surface area contributed by atoms with Gasteiger partial charge in [0.05, 0.1) is 11.8 Å². The molecule has 2 aromatic carbocycles. The highest BCUT2D eigenvalue weighted by Crippen LogP contribution is 2.21. The molecule has 0 aliphatic heterocycles.